The Morgan fingerprint density at radius 1 is 0.519 bits per heavy atom. The molecular weight excluding hydrogens is 700 g/mol. The van der Waals surface area contributed by atoms with Crippen molar-refractivity contribution in [2.24, 2.45) is 0 Å². The molecule has 4 aromatic carbocycles. The number of nitrogens with zero attached hydrogens (tertiary/aromatic N) is 2. The fourth-order valence-electron chi connectivity index (χ4n) is 5.91. The minimum absolute atomic E-state index is 0.0298. The minimum atomic E-state index is -1.22. The van der Waals surface area contributed by atoms with Crippen molar-refractivity contribution in [1.29, 1.82) is 0 Å². The van der Waals surface area contributed by atoms with Crippen LogP contribution in [0, 0.1) is 20.2 Å². The Kier molecular flexibility index (Phi) is 12.8. The zero-order chi connectivity index (χ0) is 38.8. The van der Waals surface area contributed by atoms with Crippen LogP contribution in [0.15, 0.2) is 72.8 Å². The summed E-state index contributed by atoms with van der Waals surface area (Å²) in [6.45, 7) is 5.19. The predicted molar refractivity (Wildman–Crippen MR) is 195 cm³/mol. The monoisotopic (exact) mass is 738 g/mol. The molecule has 4 aromatic rings. The molecule has 0 bridgehead atoms. The third-order valence-electron chi connectivity index (χ3n) is 8.71. The molecule has 5 rings (SSSR count). The molecule has 0 aromatic heterocycles. The topological polar surface area (TPSA) is 191 Å². The van der Waals surface area contributed by atoms with Gasteiger partial charge in [-0.25, -0.2) is 9.59 Å². The number of carbonyl (C=O) groups excluding carboxylic acids is 4. The standard InChI is InChI=1S/C40H38N2O12/c1-3-5-7-9-23-51-27-15-11-25(12-16-27)39(45)53-31-21-19-29(41(47)48)33-35(31)37(43)34-30(42(49)50)20-22-32(36(34)38(33)44)54-40(46)26-13-17-28(18-14-26)52-24-10-8-6-4-2/h11-22H,3-10,23-24H2,1-2H3. The molecular formula is C40H38N2O12. The molecule has 14 heteroatoms. The smallest absolute Gasteiger partial charge is 0.343 e. The zero-order valence-electron chi connectivity index (χ0n) is 29.8. The van der Waals surface area contributed by atoms with Crippen LogP contribution in [0.1, 0.15) is 118 Å². The van der Waals surface area contributed by atoms with Gasteiger partial charge in [0.05, 0.1) is 45.3 Å². The normalized spacial score (nSPS) is 11.7. The van der Waals surface area contributed by atoms with Gasteiger partial charge in [0.15, 0.2) is 0 Å². The van der Waals surface area contributed by atoms with Gasteiger partial charge in [0.25, 0.3) is 11.4 Å². The van der Waals surface area contributed by atoms with Crippen LogP contribution in [0.5, 0.6) is 23.0 Å². The molecule has 0 saturated heterocycles. The van der Waals surface area contributed by atoms with Crippen LogP contribution in [0.2, 0.25) is 0 Å². The summed E-state index contributed by atoms with van der Waals surface area (Å²) in [6.07, 6.45) is 8.12. The quantitative estimate of drug-likeness (QED) is 0.0274. The summed E-state index contributed by atoms with van der Waals surface area (Å²) in [5.41, 5.74) is -4.62. The average molecular weight is 739 g/mol. The lowest BCUT2D eigenvalue weighted by Gasteiger charge is -2.21. The van der Waals surface area contributed by atoms with Crippen LogP contribution < -0.4 is 18.9 Å². The number of rotatable bonds is 18. The summed E-state index contributed by atoms with van der Waals surface area (Å²) in [5, 5.41) is 24.3. The highest BCUT2D eigenvalue weighted by atomic mass is 16.6. The summed E-state index contributed by atoms with van der Waals surface area (Å²) in [6, 6.07) is 15.6. The van der Waals surface area contributed by atoms with E-state index in [4.69, 9.17) is 18.9 Å². The second-order valence-corrected chi connectivity index (χ2v) is 12.5. The second-order valence-electron chi connectivity index (χ2n) is 12.5. The van der Waals surface area contributed by atoms with Gasteiger partial charge in [-0.15, -0.1) is 0 Å². The van der Waals surface area contributed by atoms with E-state index in [1.54, 1.807) is 24.3 Å². The summed E-state index contributed by atoms with van der Waals surface area (Å²) in [5.74, 6) is -4.44. The van der Waals surface area contributed by atoms with E-state index in [0.29, 0.717) is 24.7 Å². The van der Waals surface area contributed by atoms with Crippen molar-refractivity contribution in [3.8, 4) is 23.0 Å². The Labute approximate surface area is 310 Å². The number of hydrogen-bond donors (Lipinski definition) is 0. The van der Waals surface area contributed by atoms with Crippen LogP contribution in [0.25, 0.3) is 0 Å². The van der Waals surface area contributed by atoms with Crippen molar-refractivity contribution in [2.75, 3.05) is 13.2 Å². The molecule has 0 N–H and O–H groups in total. The van der Waals surface area contributed by atoms with E-state index in [1.807, 2.05) is 0 Å². The molecule has 0 heterocycles. The molecule has 0 aliphatic heterocycles. The number of nitro benzene ring substituents is 2. The maximum Gasteiger partial charge on any atom is 0.343 e. The van der Waals surface area contributed by atoms with E-state index in [0.717, 1.165) is 75.6 Å². The predicted octanol–water partition coefficient (Wildman–Crippen LogP) is 8.64. The van der Waals surface area contributed by atoms with E-state index in [2.05, 4.69) is 13.8 Å². The first-order chi connectivity index (χ1) is 26.0. The number of ether oxygens (including phenoxy) is 4. The van der Waals surface area contributed by atoms with E-state index < -0.39 is 78.5 Å². The SMILES string of the molecule is CCCCCCOc1ccc(C(=O)Oc2ccc([N+](=O)[O-])c3c2C(=O)c2c([N+](=O)[O-])ccc(OC(=O)c4ccc(OCCCCCC)cc4)c2C3=O)cc1. The Balaban J connectivity index is 1.43. The summed E-state index contributed by atoms with van der Waals surface area (Å²) in [4.78, 5) is 77.2. The molecule has 0 spiro atoms. The molecule has 280 valence electrons. The van der Waals surface area contributed by atoms with Gasteiger partial charge in [-0.3, -0.25) is 29.8 Å². The number of carbonyl (C=O) groups is 4. The number of unbranched alkanes of at least 4 members (excludes halogenated alkanes) is 6. The lowest BCUT2D eigenvalue weighted by molar-refractivity contribution is -0.385. The number of ketones is 2. The third-order valence-corrected chi connectivity index (χ3v) is 8.71. The molecule has 0 radical (unpaired) electrons. The Morgan fingerprint density at radius 3 is 1.22 bits per heavy atom. The van der Waals surface area contributed by atoms with Gasteiger partial charge in [0.1, 0.15) is 34.1 Å². The molecule has 0 atom stereocenters. The van der Waals surface area contributed by atoms with Crippen molar-refractivity contribution in [3.05, 3.63) is 126 Å². The number of hydrogen-bond acceptors (Lipinski definition) is 12. The highest BCUT2D eigenvalue weighted by molar-refractivity contribution is 6.33. The highest BCUT2D eigenvalue weighted by Gasteiger charge is 2.44. The largest absolute Gasteiger partial charge is 0.494 e. The van der Waals surface area contributed by atoms with E-state index >= 15 is 0 Å². The van der Waals surface area contributed by atoms with Crippen molar-refractivity contribution in [3.63, 3.8) is 0 Å². The van der Waals surface area contributed by atoms with Crippen molar-refractivity contribution in [1.82, 2.24) is 0 Å². The fraction of sp³-hybridized carbons (Fsp3) is 0.300. The fourth-order valence-corrected chi connectivity index (χ4v) is 5.91. The summed E-state index contributed by atoms with van der Waals surface area (Å²) < 4.78 is 22.4. The third kappa shape index (κ3) is 8.77. The van der Waals surface area contributed by atoms with Gasteiger partial charge in [0.2, 0.25) is 11.6 Å². The number of benzene rings is 4. The second kappa shape index (κ2) is 17.9. The van der Waals surface area contributed by atoms with Crippen LogP contribution in [-0.4, -0.2) is 46.6 Å². The van der Waals surface area contributed by atoms with Crippen LogP contribution in [-0.2, 0) is 0 Å². The van der Waals surface area contributed by atoms with Gasteiger partial charge in [-0.1, -0.05) is 52.4 Å². The van der Waals surface area contributed by atoms with Crippen molar-refractivity contribution in [2.45, 2.75) is 65.2 Å². The maximum atomic E-state index is 14.2. The lowest BCUT2D eigenvalue weighted by Crippen LogP contribution is -2.26. The van der Waals surface area contributed by atoms with Crippen LogP contribution in [0.3, 0.4) is 0 Å². The molecule has 0 unspecified atom stereocenters. The van der Waals surface area contributed by atoms with Crippen molar-refractivity contribution >= 4 is 34.9 Å². The number of fused-ring (bicyclic) bond motifs is 2. The Bertz CT molecular complexity index is 1930. The van der Waals surface area contributed by atoms with Gasteiger partial charge in [0, 0.05) is 12.1 Å². The highest BCUT2D eigenvalue weighted by Crippen LogP contribution is 2.44. The molecule has 1 aliphatic rings. The molecule has 0 saturated carbocycles. The molecule has 14 nitrogen and oxygen atoms in total. The van der Waals surface area contributed by atoms with E-state index in [1.165, 1.54) is 24.3 Å². The molecule has 1 aliphatic carbocycles. The Hall–Kier alpha value is -6.44. The Morgan fingerprint density at radius 2 is 0.889 bits per heavy atom. The van der Waals surface area contributed by atoms with Gasteiger partial charge >= 0.3 is 11.9 Å². The first kappa shape index (κ1) is 38.8. The minimum Gasteiger partial charge on any atom is -0.494 e. The number of esters is 2. The summed E-state index contributed by atoms with van der Waals surface area (Å²) in [7, 11) is 0. The van der Waals surface area contributed by atoms with Crippen LogP contribution >= 0.6 is 0 Å². The van der Waals surface area contributed by atoms with Gasteiger partial charge < -0.3 is 18.9 Å². The molecule has 0 fully saturated rings. The number of nitro groups is 2. The van der Waals surface area contributed by atoms with Crippen molar-refractivity contribution < 1.29 is 48.0 Å². The first-order valence-electron chi connectivity index (χ1n) is 17.7. The first-order valence-corrected chi connectivity index (χ1v) is 17.7. The molecule has 0 amide bonds. The summed E-state index contributed by atoms with van der Waals surface area (Å²) >= 11 is 0. The van der Waals surface area contributed by atoms with E-state index in [-0.39, 0.29) is 11.1 Å². The molecule has 54 heavy (non-hydrogen) atoms. The average Bonchev–Trinajstić information content (AvgIpc) is 3.16. The lowest BCUT2D eigenvalue weighted by atomic mass is 9.81. The van der Waals surface area contributed by atoms with Gasteiger partial charge in [-0.2, -0.15) is 0 Å². The van der Waals surface area contributed by atoms with Crippen LogP contribution in [0.4, 0.5) is 11.4 Å². The maximum absolute atomic E-state index is 14.2. The zero-order valence-corrected chi connectivity index (χ0v) is 29.8. The van der Waals surface area contributed by atoms with E-state index in [9.17, 15) is 39.4 Å². The van der Waals surface area contributed by atoms with Gasteiger partial charge in [-0.05, 0) is 73.5 Å².